The first kappa shape index (κ1) is 12.5. The maximum atomic E-state index is 11.9. The van der Waals surface area contributed by atoms with Crippen molar-refractivity contribution >= 4 is 17.6 Å². The van der Waals surface area contributed by atoms with Gasteiger partial charge in [0.15, 0.2) is 5.71 Å². The molecule has 0 aromatic rings. The lowest BCUT2D eigenvalue weighted by Crippen LogP contribution is -2.43. The van der Waals surface area contributed by atoms with E-state index in [1.807, 2.05) is 20.8 Å². The lowest BCUT2D eigenvalue weighted by atomic mass is 10.1. The van der Waals surface area contributed by atoms with Gasteiger partial charge in [-0.05, 0) is 20.8 Å². The van der Waals surface area contributed by atoms with E-state index in [0.717, 1.165) is 0 Å². The van der Waals surface area contributed by atoms with Crippen molar-refractivity contribution in [1.29, 1.82) is 0 Å². The summed E-state index contributed by atoms with van der Waals surface area (Å²) in [6, 6.07) is 0.0648. The zero-order valence-electron chi connectivity index (χ0n) is 9.64. The number of hydrogen-bond donors (Lipinski definition) is 1. The second-order valence-electron chi connectivity index (χ2n) is 3.86. The van der Waals surface area contributed by atoms with E-state index in [1.54, 1.807) is 4.90 Å². The van der Waals surface area contributed by atoms with Crippen LogP contribution in [0.3, 0.4) is 0 Å². The van der Waals surface area contributed by atoms with E-state index >= 15 is 0 Å². The lowest BCUT2D eigenvalue weighted by Gasteiger charge is -2.26. The number of rotatable bonds is 4. The Bertz CT molecular complexity index is 325. The van der Waals surface area contributed by atoms with Gasteiger partial charge in [0.25, 0.3) is 5.91 Å². The van der Waals surface area contributed by atoms with Crippen LogP contribution in [0.1, 0.15) is 27.2 Å². The van der Waals surface area contributed by atoms with E-state index in [2.05, 4.69) is 5.16 Å². The highest BCUT2D eigenvalue weighted by molar-refractivity contribution is 6.36. The molecule has 0 aromatic heterocycles. The minimum atomic E-state index is -1.14. The molecule has 0 spiro atoms. The molecule has 0 radical (unpaired) electrons. The van der Waals surface area contributed by atoms with Gasteiger partial charge in [0.2, 0.25) is 6.10 Å². The van der Waals surface area contributed by atoms with E-state index in [9.17, 15) is 9.59 Å². The quantitative estimate of drug-likeness (QED) is 0.758. The highest BCUT2D eigenvalue weighted by atomic mass is 16.6. The maximum absolute atomic E-state index is 11.9. The number of nitrogens with zero attached hydrogens (tertiary/aromatic N) is 2. The average Bonchev–Trinajstić information content (AvgIpc) is 2.66. The Morgan fingerprint density at radius 3 is 2.62 bits per heavy atom. The van der Waals surface area contributed by atoms with Crippen molar-refractivity contribution in [3.63, 3.8) is 0 Å². The fourth-order valence-corrected chi connectivity index (χ4v) is 1.60. The van der Waals surface area contributed by atoms with E-state index in [0.29, 0.717) is 6.54 Å². The number of carboxylic acid groups (broad SMARTS) is 1. The summed E-state index contributed by atoms with van der Waals surface area (Å²) < 4.78 is 0. The smallest absolute Gasteiger partial charge is 0.353 e. The Kier molecular flexibility index (Phi) is 3.87. The molecule has 0 aliphatic carbocycles. The number of aliphatic carboxylic acids is 1. The zero-order chi connectivity index (χ0) is 12.3. The van der Waals surface area contributed by atoms with Crippen LogP contribution in [0.25, 0.3) is 0 Å². The van der Waals surface area contributed by atoms with Crippen LogP contribution < -0.4 is 0 Å². The molecule has 1 aliphatic heterocycles. The average molecular weight is 228 g/mol. The largest absolute Gasteiger partial charge is 0.477 e. The molecule has 1 N–H and O–H groups in total. The Hall–Kier alpha value is -1.59. The summed E-state index contributed by atoms with van der Waals surface area (Å²) in [5.41, 5.74) is -0.0989. The number of carboxylic acids is 1. The van der Waals surface area contributed by atoms with Gasteiger partial charge < -0.3 is 14.8 Å². The van der Waals surface area contributed by atoms with Gasteiger partial charge in [-0.1, -0.05) is 5.16 Å². The van der Waals surface area contributed by atoms with Crippen molar-refractivity contribution in [2.24, 2.45) is 5.16 Å². The van der Waals surface area contributed by atoms with Crippen LogP contribution >= 0.6 is 0 Å². The highest BCUT2D eigenvalue weighted by Crippen LogP contribution is 2.15. The minimum Gasteiger partial charge on any atom is -0.477 e. The summed E-state index contributed by atoms with van der Waals surface area (Å²) in [5.74, 6) is -1.35. The summed E-state index contributed by atoms with van der Waals surface area (Å²) in [6.45, 7) is 6.23. The lowest BCUT2D eigenvalue weighted by molar-refractivity contribution is -0.143. The molecule has 0 saturated carbocycles. The number of oxime groups is 1. The first-order valence-corrected chi connectivity index (χ1v) is 5.23. The van der Waals surface area contributed by atoms with Gasteiger partial charge in [-0.2, -0.15) is 0 Å². The molecule has 0 bridgehead atoms. The van der Waals surface area contributed by atoms with Crippen LogP contribution in [0.2, 0.25) is 0 Å². The van der Waals surface area contributed by atoms with Gasteiger partial charge in [-0.3, -0.25) is 4.79 Å². The molecule has 1 amide bonds. The summed E-state index contributed by atoms with van der Waals surface area (Å²) in [4.78, 5) is 29.0. The normalized spacial score (nSPS) is 19.2. The van der Waals surface area contributed by atoms with E-state index < -0.39 is 12.1 Å². The monoisotopic (exact) mass is 228 g/mol. The van der Waals surface area contributed by atoms with Crippen LogP contribution in [0.5, 0.6) is 0 Å². The summed E-state index contributed by atoms with van der Waals surface area (Å²) >= 11 is 0. The molecule has 1 aliphatic rings. The molecule has 6 nitrogen and oxygen atoms in total. The molecule has 1 rings (SSSR count). The Morgan fingerprint density at radius 2 is 2.25 bits per heavy atom. The van der Waals surface area contributed by atoms with E-state index in [-0.39, 0.29) is 24.1 Å². The maximum Gasteiger partial charge on any atom is 0.353 e. The number of amides is 1. The van der Waals surface area contributed by atoms with E-state index in [1.165, 1.54) is 0 Å². The van der Waals surface area contributed by atoms with E-state index in [4.69, 9.17) is 9.94 Å². The fourth-order valence-electron chi connectivity index (χ4n) is 1.60. The zero-order valence-corrected chi connectivity index (χ0v) is 9.64. The second-order valence-corrected chi connectivity index (χ2v) is 3.86. The first-order valence-electron chi connectivity index (χ1n) is 5.23. The predicted molar refractivity (Wildman–Crippen MR) is 57.1 cm³/mol. The molecule has 6 heteroatoms. The first-order chi connectivity index (χ1) is 7.47. The molecule has 1 heterocycles. The summed E-state index contributed by atoms with van der Waals surface area (Å²) in [5, 5.41) is 12.1. The Balaban J connectivity index is 2.62. The fraction of sp³-hybridized carbons (Fsp3) is 0.700. The van der Waals surface area contributed by atoms with Crippen molar-refractivity contribution in [1.82, 2.24) is 4.90 Å². The van der Waals surface area contributed by atoms with Crippen LogP contribution in [-0.2, 0) is 14.4 Å². The van der Waals surface area contributed by atoms with Crippen LogP contribution in [-0.4, -0.2) is 46.3 Å². The summed E-state index contributed by atoms with van der Waals surface area (Å²) in [6.07, 6.45) is -0.745. The molecule has 16 heavy (non-hydrogen) atoms. The Morgan fingerprint density at radius 1 is 1.62 bits per heavy atom. The summed E-state index contributed by atoms with van der Waals surface area (Å²) in [7, 11) is 0. The number of carbonyl (C=O) groups excluding carboxylic acids is 1. The van der Waals surface area contributed by atoms with Gasteiger partial charge >= 0.3 is 5.97 Å². The highest BCUT2D eigenvalue weighted by Gasteiger charge is 2.34. The molecule has 0 fully saturated rings. The van der Waals surface area contributed by atoms with Crippen LogP contribution in [0.15, 0.2) is 5.16 Å². The SMILES string of the molecule is CCN(C(=O)C1CC(C(=O)O)=NO1)C(C)C. The molecule has 1 atom stereocenters. The van der Waals surface area contributed by atoms with Crippen molar-refractivity contribution < 1.29 is 19.5 Å². The van der Waals surface area contributed by atoms with Gasteiger partial charge in [0, 0.05) is 19.0 Å². The van der Waals surface area contributed by atoms with Gasteiger partial charge in [0.05, 0.1) is 0 Å². The number of hydrogen-bond acceptors (Lipinski definition) is 4. The van der Waals surface area contributed by atoms with Crippen molar-refractivity contribution in [2.45, 2.75) is 39.3 Å². The van der Waals surface area contributed by atoms with Crippen molar-refractivity contribution in [3.8, 4) is 0 Å². The third-order valence-corrected chi connectivity index (χ3v) is 2.44. The van der Waals surface area contributed by atoms with Gasteiger partial charge in [-0.25, -0.2) is 4.79 Å². The minimum absolute atomic E-state index is 0.0391. The third-order valence-electron chi connectivity index (χ3n) is 2.44. The van der Waals surface area contributed by atoms with Crippen molar-refractivity contribution in [3.05, 3.63) is 0 Å². The third kappa shape index (κ3) is 2.50. The number of likely N-dealkylation sites (N-methyl/N-ethyl adjacent to an activating group) is 1. The van der Waals surface area contributed by atoms with Crippen LogP contribution in [0.4, 0.5) is 0 Å². The molecule has 0 aromatic carbocycles. The van der Waals surface area contributed by atoms with Gasteiger partial charge in [-0.15, -0.1) is 0 Å². The number of carbonyl (C=O) groups is 2. The second kappa shape index (κ2) is 4.96. The molecule has 0 saturated heterocycles. The standard InChI is InChI=1S/C10H16N2O4/c1-4-12(6(2)3)9(13)8-5-7(10(14)15)11-16-8/h6,8H,4-5H2,1-3H3,(H,14,15). The molecule has 1 unspecified atom stereocenters. The van der Waals surface area contributed by atoms with Gasteiger partial charge in [0.1, 0.15) is 0 Å². The molecule has 90 valence electrons. The molecular formula is C10H16N2O4. The topological polar surface area (TPSA) is 79.2 Å². The predicted octanol–water partition coefficient (Wildman–Crippen LogP) is 0.473. The van der Waals surface area contributed by atoms with Crippen molar-refractivity contribution in [2.75, 3.05) is 6.54 Å². The Labute approximate surface area is 93.9 Å². The molecular weight excluding hydrogens is 212 g/mol. The van der Waals surface area contributed by atoms with Crippen LogP contribution in [0, 0.1) is 0 Å².